The lowest BCUT2D eigenvalue weighted by molar-refractivity contribution is -0.175. The van der Waals surface area contributed by atoms with Crippen LogP contribution in [0.4, 0.5) is 13.6 Å². The smallest absolute Gasteiger partial charge is 0.410 e. The third-order valence-electron chi connectivity index (χ3n) is 15.2. The van der Waals surface area contributed by atoms with Crippen molar-refractivity contribution in [3.8, 4) is 5.75 Å². The highest BCUT2D eigenvalue weighted by molar-refractivity contribution is 6.10. The summed E-state index contributed by atoms with van der Waals surface area (Å²) in [5.74, 6) is -2.17. The van der Waals surface area contributed by atoms with Crippen LogP contribution in [0, 0.1) is 45.1 Å². The summed E-state index contributed by atoms with van der Waals surface area (Å²) in [5, 5.41) is 26.0. The van der Waals surface area contributed by atoms with Crippen molar-refractivity contribution in [2.24, 2.45) is 33.5 Å². The molecule has 3 aromatic rings. The van der Waals surface area contributed by atoms with Crippen LogP contribution in [0.15, 0.2) is 84.5 Å². The van der Waals surface area contributed by atoms with Crippen molar-refractivity contribution in [1.82, 2.24) is 4.90 Å². The summed E-state index contributed by atoms with van der Waals surface area (Å²) in [6.07, 6.45) is 11.3. The van der Waals surface area contributed by atoms with Gasteiger partial charge in [-0.1, -0.05) is 62.4 Å². The molecule has 0 radical (unpaired) electrons. The van der Waals surface area contributed by atoms with Gasteiger partial charge in [-0.05, 0) is 116 Å². The lowest BCUT2D eigenvalue weighted by atomic mass is 9.32. The number of amides is 1. The fourth-order valence-electron chi connectivity index (χ4n) is 12.3. The van der Waals surface area contributed by atoms with Crippen LogP contribution in [0.3, 0.4) is 0 Å². The first-order chi connectivity index (χ1) is 25.8. The fourth-order valence-corrected chi connectivity index (χ4v) is 12.3. The number of rotatable bonds is 7. The van der Waals surface area contributed by atoms with E-state index in [-0.39, 0.29) is 47.8 Å². The number of carbonyl (C=O) groups excluding carboxylic acids is 2. The number of carbonyl (C=O) groups is 2. The highest BCUT2D eigenvalue weighted by Crippen LogP contribution is 2.78. The van der Waals surface area contributed by atoms with Crippen LogP contribution < -0.4 is 4.74 Å². The normalized spacial score (nSPS) is 37.7. The largest absolute Gasteiger partial charge is 0.415 e. The summed E-state index contributed by atoms with van der Waals surface area (Å²) in [7, 11) is 0. The highest BCUT2D eigenvalue weighted by atomic mass is 19.2. The van der Waals surface area contributed by atoms with E-state index >= 15 is 0 Å². The van der Waals surface area contributed by atoms with Crippen LogP contribution >= 0.6 is 0 Å². The van der Waals surface area contributed by atoms with Crippen LogP contribution in [0.1, 0.15) is 82.0 Å². The molecule has 2 N–H and O–H groups in total. The number of halogens is 2. The van der Waals surface area contributed by atoms with E-state index in [1.54, 1.807) is 11.0 Å². The van der Waals surface area contributed by atoms with Gasteiger partial charge in [-0.25, -0.2) is 13.6 Å². The number of fused-ring (bicyclic) bond motifs is 2. The van der Waals surface area contributed by atoms with Gasteiger partial charge in [0.05, 0.1) is 30.9 Å². The zero-order chi connectivity index (χ0) is 37.7. The van der Waals surface area contributed by atoms with Gasteiger partial charge in [0.15, 0.2) is 17.4 Å². The van der Waals surface area contributed by atoms with Crippen LogP contribution in [-0.4, -0.2) is 64.5 Å². The van der Waals surface area contributed by atoms with Crippen LogP contribution in [0.2, 0.25) is 0 Å². The molecule has 2 bridgehead atoms. The number of ketones is 1. The minimum absolute atomic E-state index is 0.0260. The molecule has 0 aromatic heterocycles. The summed E-state index contributed by atoms with van der Waals surface area (Å²) >= 11 is 0. The number of aliphatic hydroxyl groups excluding tert-OH is 1. The van der Waals surface area contributed by atoms with Gasteiger partial charge in [0.25, 0.3) is 0 Å². The SMILES string of the molecule is CC12CCC(O)CC13C=CC1(C(C(=O)c4ccc(F)c(F)c4)=C3)C2CCC2(C)C1CCC2(O)CN(CC1CCCO1)C(=O)Oc1ccc2ccccc2c1. The topological polar surface area (TPSA) is 96.3 Å². The second kappa shape index (κ2) is 12.6. The van der Waals surface area contributed by atoms with E-state index in [2.05, 4.69) is 32.1 Å². The van der Waals surface area contributed by atoms with Crippen molar-refractivity contribution in [1.29, 1.82) is 0 Å². The molecule has 4 fully saturated rings. The Balaban J connectivity index is 1.09. The Morgan fingerprint density at radius 1 is 0.889 bits per heavy atom. The maximum absolute atomic E-state index is 14.7. The third-order valence-corrected chi connectivity index (χ3v) is 15.2. The number of hydrogen-bond acceptors (Lipinski definition) is 6. The molecule has 7 nitrogen and oxygen atoms in total. The number of Topliss-reactive ketones (excluding diaryl/α,β-unsaturated/α-hetero) is 1. The molecular weight excluding hydrogens is 688 g/mol. The third kappa shape index (κ3) is 5.13. The second-order valence-electron chi connectivity index (χ2n) is 17.7. The molecule has 10 rings (SSSR count). The van der Waals surface area contributed by atoms with Gasteiger partial charge in [0.1, 0.15) is 5.75 Å². The Morgan fingerprint density at radius 3 is 2.43 bits per heavy atom. The van der Waals surface area contributed by atoms with Crippen molar-refractivity contribution in [2.75, 3.05) is 19.7 Å². The maximum atomic E-state index is 14.7. The molecule has 7 aliphatic rings. The van der Waals surface area contributed by atoms with E-state index in [0.29, 0.717) is 50.0 Å². The molecular formula is C45H49F2NO6. The Morgan fingerprint density at radius 2 is 1.65 bits per heavy atom. The molecule has 2 spiro atoms. The highest BCUT2D eigenvalue weighted by Gasteiger charge is 2.74. The number of nitrogens with zero attached hydrogens (tertiary/aromatic N) is 1. The van der Waals surface area contributed by atoms with E-state index in [9.17, 15) is 28.6 Å². The molecule has 1 saturated heterocycles. The molecule has 3 aromatic carbocycles. The summed E-state index contributed by atoms with van der Waals surface area (Å²) in [6.45, 7) is 5.36. The van der Waals surface area contributed by atoms with Gasteiger partial charge in [-0.15, -0.1) is 0 Å². The van der Waals surface area contributed by atoms with E-state index in [0.717, 1.165) is 48.6 Å². The number of allylic oxidation sites excluding steroid dienone is 4. The fraction of sp³-hybridized carbons (Fsp3) is 0.511. The van der Waals surface area contributed by atoms with Crippen molar-refractivity contribution in [2.45, 2.75) is 89.4 Å². The molecule has 1 aliphatic heterocycles. The second-order valence-corrected chi connectivity index (χ2v) is 17.7. The minimum atomic E-state index is -1.32. The first kappa shape index (κ1) is 35.8. The number of benzene rings is 3. The zero-order valence-electron chi connectivity index (χ0n) is 31.0. The summed E-state index contributed by atoms with van der Waals surface area (Å²) in [6, 6.07) is 16.8. The van der Waals surface area contributed by atoms with Crippen molar-refractivity contribution in [3.63, 3.8) is 0 Å². The zero-order valence-corrected chi connectivity index (χ0v) is 31.0. The first-order valence-corrected chi connectivity index (χ1v) is 19.7. The molecule has 1 amide bonds. The number of hydrogen-bond donors (Lipinski definition) is 2. The monoisotopic (exact) mass is 737 g/mol. The summed E-state index contributed by atoms with van der Waals surface area (Å²) in [4.78, 5) is 30.5. The predicted molar refractivity (Wildman–Crippen MR) is 200 cm³/mol. The van der Waals surface area contributed by atoms with Gasteiger partial charge < -0.3 is 24.6 Å². The van der Waals surface area contributed by atoms with Gasteiger partial charge in [0.2, 0.25) is 0 Å². The molecule has 3 saturated carbocycles. The number of ether oxygens (including phenoxy) is 2. The maximum Gasteiger partial charge on any atom is 0.415 e. The van der Waals surface area contributed by atoms with Crippen LogP contribution in [0.5, 0.6) is 5.75 Å². The van der Waals surface area contributed by atoms with Gasteiger partial charge in [-0.2, -0.15) is 0 Å². The quantitative estimate of drug-likeness (QED) is 0.186. The molecule has 54 heavy (non-hydrogen) atoms. The predicted octanol–water partition coefficient (Wildman–Crippen LogP) is 8.57. The van der Waals surface area contributed by atoms with Gasteiger partial charge in [0, 0.05) is 34.0 Å². The molecule has 284 valence electrons. The standard InChI is InChI=1S/C45H49F2NO6/c1-41-16-13-31(49)24-43(41)19-20-45(34(25-43)39(50)30-10-12-35(46)36(47)23-30)37(41)14-17-42(2)38(45)15-18-44(42,52)27-48(26-33-8-5-21-53-33)40(51)54-32-11-9-28-6-3-4-7-29(28)22-32/h3-4,6-7,9-12,19-20,22-23,25,31,33,37-38,49,52H,5,8,13-18,21,24,26-27H2,1-2H3. The van der Waals surface area contributed by atoms with E-state index in [4.69, 9.17) is 9.47 Å². The van der Waals surface area contributed by atoms with Crippen LogP contribution in [0.25, 0.3) is 10.8 Å². The van der Waals surface area contributed by atoms with Crippen molar-refractivity contribution < 1.29 is 38.1 Å². The van der Waals surface area contributed by atoms with E-state index < -0.39 is 45.7 Å². The Kier molecular flexibility index (Phi) is 8.31. The Bertz CT molecular complexity index is 2090. The summed E-state index contributed by atoms with van der Waals surface area (Å²) in [5.41, 5.74) is -3.00. The van der Waals surface area contributed by atoms with Gasteiger partial charge in [-0.3, -0.25) is 4.79 Å². The average Bonchev–Trinajstić information content (AvgIpc) is 3.77. The van der Waals surface area contributed by atoms with Gasteiger partial charge >= 0.3 is 6.09 Å². The lowest BCUT2D eigenvalue weighted by Gasteiger charge is -2.71. The van der Waals surface area contributed by atoms with E-state index in [1.807, 2.05) is 36.4 Å². The molecule has 9 unspecified atom stereocenters. The lowest BCUT2D eigenvalue weighted by Crippen LogP contribution is -2.67. The first-order valence-electron chi connectivity index (χ1n) is 19.7. The van der Waals surface area contributed by atoms with Crippen molar-refractivity contribution in [3.05, 3.63) is 102 Å². The van der Waals surface area contributed by atoms with Crippen LogP contribution in [-0.2, 0) is 4.74 Å². The molecule has 9 heteroatoms. The minimum Gasteiger partial charge on any atom is -0.410 e. The average molecular weight is 738 g/mol. The summed E-state index contributed by atoms with van der Waals surface area (Å²) < 4.78 is 40.8. The molecule has 9 atom stereocenters. The van der Waals surface area contributed by atoms with Crippen molar-refractivity contribution >= 4 is 22.6 Å². The Hall–Kier alpha value is -3.92. The Labute approximate surface area is 315 Å². The molecule has 1 heterocycles. The molecule has 6 aliphatic carbocycles. The van der Waals surface area contributed by atoms with E-state index in [1.165, 1.54) is 6.07 Å². The number of aliphatic hydroxyl groups is 2.